The topological polar surface area (TPSA) is 41.4 Å². The van der Waals surface area contributed by atoms with Crippen LogP contribution >= 0.6 is 11.6 Å². The predicted molar refractivity (Wildman–Crippen MR) is 108 cm³/mol. The van der Waals surface area contributed by atoms with Crippen LogP contribution in [0.4, 0.5) is 0 Å². The Balaban J connectivity index is 1.59. The predicted octanol–water partition coefficient (Wildman–Crippen LogP) is 3.49. The highest BCUT2D eigenvalue weighted by molar-refractivity contribution is 6.30. The second-order valence-corrected chi connectivity index (χ2v) is 7.86. The molecule has 0 N–H and O–H groups in total. The van der Waals surface area contributed by atoms with Crippen LogP contribution in [-0.2, 0) is 26.6 Å². The van der Waals surface area contributed by atoms with Crippen molar-refractivity contribution in [1.82, 2.24) is 19.4 Å². The molecule has 4 rings (SSSR count). The third-order valence-electron chi connectivity index (χ3n) is 5.18. The number of hydrogen-bond donors (Lipinski definition) is 0. The number of carbonyl (C=O) groups excluding carboxylic acids is 1. The summed E-state index contributed by atoms with van der Waals surface area (Å²) in [6, 6.07) is 10.3. The highest BCUT2D eigenvalue weighted by Crippen LogP contribution is 2.25. The van der Waals surface area contributed by atoms with Crippen LogP contribution in [0.1, 0.15) is 27.2 Å². The first kappa shape index (κ1) is 18.0. The molecule has 3 aromatic rings. The molecule has 1 aliphatic heterocycles. The van der Waals surface area contributed by atoms with E-state index in [1.807, 2.05) is 22.6 Å². The molecule has 0 saturated heterocycles. The van der Waals surface area contributed by atoms with Gasteiger partial charge in [0, 0.05) is 32.1 Å². The first-order valence-corrected chi connectivity index (χ1v) is 9.46. The van der Waals surface area contributed by atoms with Crippen LogP contribution in [0, 0.1) is 0 Å². The van der Waals surface area contributed by atoms with Crippen LogP contribution in [-0.4, -0.2) is 45.9 Å². The number of nitrogens with zero attached hydrogens (tertiary/aromatic N) is 4. The molecule has 27 heavy (non-hydrogen) atoms. The zero-order valence-corrected chi connectivity index (χ0v) is 16.6. The zero-order chi connectivity index (χ0) is 19.1. The molecule has 2 aromatic heterocycles. The number of halogens is 1. The Bertz CT molecular complexity index is 1020. The summed E-state index contributed by atoms with van der Waals surface area (Å²) in [7, 11) is 6.05. The molecule has 0 spiro atoms. The van der Waals surface area contributed by atoms with E-state index in [4.69, 9.17) is 11.6 Å². The number of benzene rings is 1. The number of hydrogen-bond acceptors (Lipinski definition) is 3. The van der Waals surface area contributed by atoms with E-state index in [0.717, 1.165) is 30.4 Å². The molecule has 6 heteroatoms. The van der Waals surface area contributed by atoms with Crippen LogP contribution in [0.15, 0.2) is 36.5 Å². The molecule has 0 bridgehead atoms. The summed E-state index contributed by atoms with van der Waals surface area (Å²) in [4.78, 5) is 21.4. The van der Waals surface area contributed by atoms with Gasteiger partial charge in [-0.05, 0) is 49.3 Å². The summed E-state index contributed by atoms with van der Waals surface area (Å²) in [5, 5.41) is 1.37. The molecular weight excluding hydrogens is 360 g/mol. The van der Waals surface area contributed by atoms with Crippen molar-refractivity contribution in [2.75, 3.05) is 20.6 Å². The van der Waals surface area contributed by atoms with Gasteiger partial charge in [0.1, 0.15) is 10.8 Å². The fraction of sp³-hybridized carbons (Fsp3) is 0.333. The number of aryl methyl sites for hydroxylation is 1. The van der Waals surface area contributed by atoms with E-state index >= 15 is 0 Å². The number of carbonyl (C=O) groups is 1. The standard InChI is InChI=1S/C21H23ClN4O/c1-24(2)12-14-4-5-16-13-26(7-6-15(16)8-14)21(27)18-9-17-10-20(22)23-11-19(17)25(18)3/h4-5,8-11H,6-7,12-13H2,1-3H3. The van der Waals surface area contributed by atoms with E-state index in [0.29, 0.717) is 17.4 Å². The Labute approximate surface area is 164 Å². The highest BCUT2D eigenvalue weighted by Gasteiger charge is 2.24. The van der Waals surface area contributed by atoms with E-state index in [2.05, 4.69) is 42.2 Å². The summed E-state index contributed by atoms with van der Waals surface area (Å²) in [6.07, 6.45) is 2.60. The largest absolute Gasteiger partial charge is 0.338 e. The quantitative estimate of drug-likeness (QED) is 0.651. The molecule has 0 aliphatic carbocycles. The van der Waals surface area contributed by atoms with Crippen molar-refractivity contribution < 1.29 is 4.79 Å². The number of aromatic nitrogens is 2. The monoisotopic (exact) mass is 382 g/mol. The Hall–Kier alpha value is -2.37. The SMILES string of the molecule is CN(C)Cc1ccc2c(c1)CCN(C(=O)c1cc3cc(Cl)ncc3n1C)C2. The van der Waals surface area contributed by atoms with Crippen LogP contribution in [0.25, 0.3) is 10.9 Å². The van der Waals surface area contributed by atoms with Crippen molar-refractivity contribution in [1.29, 1.82) is 0 Å². The molecule has 5 nitrogen and oxygen atoms in total. The van der Waals surface area contributed by atoms with E-state index in [-0.39, 0.29) is 5.91 Å². The van der Waals surface area contributed by atoms with Crippen molar-refractivity contribution in [3.8, 4) is 0 Å². The summed E-state index contributed by atoms with van der Waals surface area (Å²) in [6.45, 7) is 2.32. The van der Waals surface area contributed by atoms with Crippen molar-refractivity contribution in [3.63, 3.8) is 0 Å². The fourth-order valence-corrected chi connectivity index (χ4v) is 3.98. The molecule has 0 fully saturated rings. The molecule has 1 amide bonds. The third kappa shape index (κ3) is 3.45. The van der Waals surface area contributed by atoms with Gasteiger partial charge in [0.15, 0.2) is 0 Å². The number of amides is 1. The lowest BCUT2D eigenvalue weighted by Crippen LogP contribution is -2.36. The Morgan fingerprint density at radius 2 is 2.04 bits per heavy atom. The molecule has 0 unspecified atom stereocenters. The molecule has 140 valence electrons. The van der Waals surface area contributed by atoms with Gasteiger partial charge in [-0.15, -0.1) is 0 Å². The van der Waals surface area contributed by atoms with E-state index in [9.17, 15) is 4.79 Å². The van der Waals surface area contributed by atoms with E-state index < -0.39 is 0 Å². The average Bonchev–Trinajstić information content (AvgIpc) is 2.96. The summed E-state index contributed by atoms with van der Waals surface area (Å²) in [5.41, 5.74) is 5.49. The summed E-state index contributed by atoms with van der Waals surface area (Å²) < 4.78 is 1.90. The summed E-state index contributed by atoms with van der Waals surface area (Å²) >= 11 is 5.99. The second kappa shape index (κ2) is 6.98. The Morgan fingerprint density at radius 3 is 2.81 bits per heavy atom. The maximum atomic E-state index is 13.1. The van der Waals surface area contributed by atoms with Gasteiger partial charge in [0.25, 0.3) is 5.91 Å². The molecule has 0 atom stereocenters. The normalized spacial score (nSPS) is 14.0. The van der Waals surface area contributed by atoms with Crippen molar-refractivity contribution in [3.05, 3.63) is 64.1 Å². The van der Waals surface area contributed by atoms with Crippen LogP contribution in [0.2, 0.25) is 5.15 Å². The van der Waals surface area contributed by atoms with Crippen molar-refractivity contribution in [2.45, 2.75) is 19.5 Å². The lowest BCUT2D eigenvalue weighted by Gasteiger charge is -2.29. The van der Waals surface area contributed by atoms with Gasteiger partial charge < -0.3 is 14.4 Å². The van der Waals surface area contributed by atoms with Gasteiger partial charge in [-0.25, -0.2) is 4.98 Å². The van der Waals surface area contributed by atoms with Crippen LogP contribution in [0.5, 0.6) is 0 Å². The minimum Gasteiger partial charge on any atom is -0.338 e. The lowest BCUT2D eigenvalue weighted by atomic mass is 9.97. The molecule has 3 heterocycles. The van der Waals surface area contributed by atoms with Gasteiger partial charge in [-0.3, -0.25) is 4.79 Å². The highest BCUT2D eigenvalue weighted by atomic mass is 35.5. The maximum Gasteiger partial charge on any atom is 0.270 e. The van der Waals surface area contributed by atoms with Gasteiger partial charge in [0.05, 0.1) is 11.7 Å². The average molecular weight is 383 g/mol. The Kier molecular flexibility index (Phi) is 4.66. The second-order valence-electron chi connectivity index (χ2n) is 7.47. The number of rotatable bonds is 3. The first-order chi connectivity index (χ1) is 12.9. The maximum absolute atomic E-state index is 13.1. The van der Waals surface area contributed by atoms with E-state index in [1.165, 1.54) is 16.7 Å². The molecule has 1 aliphatic rings. The lowest BCUT2D eigenvalue weighted by molar-refractivity contribution is 0.0725. The van der Waals surface area contributed by atoms with Gasteiger partial charge >= 0.3 is 0 Å². The van der Waals surface area contributed by atoms with Crippen molar-refractivity contribution >= 4 is 28.4 Å². The Morgan fingerprint density at radius 1 is 1.22 bits per heavy atom. The van der Waals surface area contributed by atoms with Gasteiger partial charge in [0.2, 0.25) is 0 Å². The first-order valence-electron chi connectivity index (χ1n) is 9.08. The van der Waals surface area contributed by atoms with Gasteiger partial charge in [-0.1, -0.05) is 29.8 Å². The van der Waals surface area contributed by atoms with Crippen molar-refractivity contribution in [2.24, 2.45) is 7.05 Å². The molecular formula is C21H23ClN4O. The van der Waals surface area contributed by atoms with Crippen LogP contribution < -0.4 is 0 Å². The minimum atomic E-state index is 0.0489. The smallest absolute Gasteiger partial charge is 0.270 e. The van der Waals surface area contributed by atoms with E-state index in [1.54, 1.807) is 12.3 Å². The zero-order valence-electron chi connectivity index (χ0n) is 15.9. The minimum absolute atomic E-state index is 0.0489. The molecule has 0 saturated carbocycles. The molecule has 1 aromatic carbocycles. The van der Waals surface area contributed by atoms with Gasteiger partial charge in [-0.2, -0.15) is 0 Å². The number of pyridine rings is 1. The third-order valence-corrected chi connectivity index (χ3v) is 5.39. The molecule has 0 radical (unpaired) electrons. The fourth-order valence-electron chi connectivity index (χ4n) is 3.82. The summed E-state index contributed by atoms with van der Waals surface area (Å²) in [5.74, 6) is 0.0489. The number of fused-ring (bicyclic) bond motifs is 2. The van der Waals surface area contributed by atoms with Crippen LogP contribution in [0.3, 0.4) is 0 Å².